The Balaban J connectivity index is 1.57. The summed E-state index contributed by atoms with van der Waals surface area (Å²) in [6.45, 7) is 7.82. The summed E-state index contributed by atoms with van der Waals surface area (Å²) >= 11 is 0. The van der Waals surface area contributed by atoms with Crippen LogP contribution in [0, 0.1) is 6.92 Å². The number of pyridine rings is 1. The monoisotopic (exact) mass is 422 g/mol. The van der Waals surface area contributed by atoms with E-state index in [0.29, 0.717) is 26.2 Å². The van der Waals surface area contributed by atoms with Gasteiger partial charge in [0.25, 0.3) is 0 Å². The lowest BCUT2D eigenvalue weighted by Gasteiger charge is -2.16. The van der Waals surface area contributed by atoms with E-state index in [1.165, 1.54) is 5.69 Å². The van der Waals surface area contributed by atoms with E-state index < -0.39 is 6.10 Å². The smallest absolute Gasteiger partial charge is 0.335 e. The van der Waals surface area contributed by atoms with Gasteiger partial charge in [-0.15, -0.1) is 0 Å². The molecule has 6 nitrogen and oxygen atoms in total. The average molecular weight is 423 g/mol. The van der Waals surface area contributed by atoms with Crippen LogP contribution in [0.2, 0.25) is 0 Å². The summed E-state index contributed by atoms with van der Waals surface area (Å²) in [6, 6.07) is 17.9. The van der Waals surface area contributed by atoms with Gasteiger partial charge in [-0.1, -0.05) is 18.2 Å². The lowest BCUT2D eigenvalue weighted by atomic mass is 10.1. The van der Waals surface area contributed by atoms with Crippen molar-refractivity contribution >= 4 is 5.97 Å². The van der Waals surface area contributed by atoms with Gasteiger partial charge in [-0.2, -0.15) is 0 Å². The van der Waals surface area contributed by atoms with Crippen LogP contribution in [0.15, 0.2) is 60.8 Å². The molecule has 0 saturated carbocycles. The molecule has 2 heterocycles. The molecule has 0 amide bonds. The van der Waals surface area contributed by atoms with Crippen molar-refractivity contribution in [1.29, 1.82) is 0 Å². The summed E-state index contributed by atoms with van der Waals surface area (Å²) in [5.41, 5.74) is 4.20. The molecule has 0 saturated heterocycles. The molecular weight excluding hydrogens is 392 g/mol. The second-order valence-corrected chi connectivity index (χ2v) is 7.12. The number of hydrogen-bond donors (Lipinski definition) is 0. The maximum atomic E-state index is 12.0. The minimum absolute atomic E-state index is 0.324. The van der Waals surface area contributed by atoms with Gasteiger partial charge in [0.1, 0.15) is 12.4 Å². The number of benzene rings is 1. The number of esters is 1. The van der Waals surface area contributed by atoms with Crippen molar-refractivity contribution in [1.82, 2.24) is 9.55 Å². The predicted molar refractivity (Wildman–Crippen MR) is 120 cm³/mol. The number of aromatic nitrogens is 2. The molecular formula is C25H30N2O4. The molecule has 0 radical (unpaired) electrons. The second-order valence-electron chi connectivity index (χ2n) is 7.12. The zero-order valence-corrected chi connectivity index (χ0v) is 18.4. The molecule has 6 heteroatoms. The van der Waals surface area contributed by atoms with Crippen LogP contribution in [-0.2, 0) is 27.2 Å². The van der Waals surface area contributed by atoms with Crippen molar-refractivity contribution in [3.63, 3.8) is 0 Å². The maximum absolute atomic E-state index is 12.0. The van der Waals surface area contributed by atoms with Crippen molar-refractivity contribution in [2.24, 2.45) is 0 Å². The van der Waals surface area contributed by atoms with Gasteiger partial charge < -0.3 is 18.8 Å². The van der Waals surface area contributed by atoms with E-state index in [9.17, 15) is 4.79 Å². The third kappa shape index (κ3) is 6.18. The van der Waals surface area contributed by atoms with Crippen LogP contribution in [0.3, 0.4) is 0 Å². The van der Waals surface area contributed by atoms with Gasteiger partial charge in [-0.3, -0.25) is 4.98 Å². The van der Waals surface area contributed by atoms with Crippen LogP contribution < -0.4 is 4.74 Å². The summed E-state index contributed by atoms with van der Waals surface area (Å²) in [5.74, 6) is 0.465. The Bertz CT molecular complexity index is 951. The van der Waals surface area contributed by atoms with Crippen molar-refractivity contribution in [2.75, 3.05) is 19.8 Å². The van der Waals surface area contributed by atoms with Crippen molar-refractivity contribution in [3.05, 3.63) is 72.1 Å². The fourth-order valence-corrected chi connectivity index (χ4v) is 3.44. The van der Waals surface area contributed by atoms with Gasteiger partial charge in [0.15, 0.2) is 6.10 Å². The Morgan fingerprint density at radius 1 is 1.03 bits per heavy atom. The minimum Gasteiger partial charge on any atom is -0.492 e. The molecule has 0 spiro atoms. The fourth-order valence-electron chi connectivity index (χ4n) is 3.44. The first kappa shape index (κ1) is 22.6. The van der Waals surface area contributed by atoms with E-state index in [1.807, 2.05) is 49.4 Å². The van der Waals surface area contributed by atoms with Gasteiger partial charge >= 0.3 is 5.97 Å². The van der Waals surface area contributed by atoms with Gasteiger partial charge in [0, 0.05) is 24.9 Å². The lowest BCUT2D eigenvalue weighted by Crippen LogP contribution is -2.28. The van der Waals surface area contributed by atoms with E-state index in [1.54, 1.807) is 13.1 Å². The largest absolute Gasteiger partial charge is 0.492 e. The molecule has 0 bridgehead atoms. The van der Waals surface area contributed by atoms with E-state index >= 15 is 0 Å². The molecule has 0 fully saturated rings. The Morgan fingerprint density at radius 3 is 2.52 bits per heavy atom. The number of hydrogen-bond acceptors (Lipinski definition) is 5. The highest BCUT2D eigenvalue weighted by Gasteiger charge is 2.20. The summed E-state index contributed by atoms with van der Waals surface area (Å²) in [5, 5.41) is 0. The number of ether oxygens (including phenoxy) is 3. The first-order valence-corrected chi connectivity index (χ1v) is 10.7. The normalized spacial score (nSPS) is 11.8. The SMILES string of the molecule is CCOC(=O)C(Cc1ccc(OCCn2c(C)ccc2-c2ccccn2)cc1)OCC. The summed E-state index contributed by atoms with van der Waals surface area (Å²) in [4.78, 5) is 16.5. The Kier molecular flexibility index (Phi) is 8.24. The van der Waals surface area contributed by atoms with Crippen molar-refractivity contribution in [2.45, 2.75) is 39.8 Å². The quantitative estimate of drug-likeness (QED) is 0.427. The molecule has 3 rings (SSSR count). The standard InChI is InChI=1S/C25H30N2O4/c1-4-29-24(25(28)30-5-2)18-20-10-12-21(13-11-20)31-17-16-27-19(3)9-14-23(27)22-8-6-7-15-26-22/h6-15,24H,4-5,16-18H2,1-3H3. The van der Waals surface area contributed by atoms with E-state index in [2.05, 4.69) is 28.6 Å². The molecule has 0 aliphatic heterocycles. The van der Waals surface area contributed by atoms with Gasteiger partial charge in [-0.05, 0) is 62.7 Å². The predicted octanol–water partition coefficient (Wildman–Crippen LogP) is 4.45. The molecule has 1 atom stereocenters. The summed E-state index contributed by atoms with van der Waals surface area (Å²) in [7, 11) is 0. The third-order valence-corrected chi connectivity index (χ3v) is 4.97. The van der Waals surface area contributed by atoms with Gasteiger partial charge in [0.2, 0.25) is 0 Å². The highest BCUT2D eigenvalue weighted by molar-refractivity contribution is 5.75. The Hall–Kier alpha value is -3.12. The zero-order valence-electron chi connectivity index (χ0n) is 18.4. The van der Waals surface area contributed by atoms with Crippen LogP contribution >= 0.6 is 0 Å². The molecule has 31 heavy (non-hydrogen) atoms. The summed E-state index contributed by atoms with van der Waals surface area (Å²) < 4.78 is 18.8. The highest BCUT2D eigenvalue weighted by Crippen LogP contribution is 2.21. The number of rotatable bonds is 11. The summed E-state index contributed by atoms with van der Waals surface area (Å²) in [6.07, 6.45) is 1.69. The molecule has 1 unspecified atom stereocenters. The number of aryl methyl sites for hydroxylation is 1. The Morgan fingerprint density at radius 2 is 1.84 bits per heavy atom. The van der Waals surface area contributed by atoms with Crippen molar-refractivity contribution < 1.29 is 19.0 Å². The van der Waals surface area contributed by atoms with E-state index in [4.69, 9.17) is 14.2 Å². The van der Waals surface area contributed by atoms with E-state index in [0.717, 1.165) is 29.2 Å². The van der Waals surface area contributed by atoms with E-state index in [-0.39, 0.29) is 5.97 Å². The molecule has 0 aliphatic carbocycles. The lowest BCUT2D eigenvalue weighted by molar-refractivity contribution is -0.156. The number of nitrogens with zero attached hydrogens (tertiary/aromatic N) is 2. The minimum atomic E-state index is -0.585. The molecule has 3 aromatic rings. The molecule has 0 aliphatic rings. The van der Waals surface area contributed by atoms with Gasteiger partial charge in [-0.25, -0.2) is 4.79 Å². The second kappa shape index (κ2) is 11.3. The van der Waals surface area contributed by atoms with Crippen LogP contribution in [0.25, 0.3) is 11.4 Å². The first-order chi connectivity index (χ1) is 15.1. The zero-order chi connectivity index (χ0) is 22.1. The van der Waals surface area contributed by atoms with Crippen LogP contribution in [0.5, 0.6) is 5.75 Å². The fraction of sp³-hybridized carbons (Fsp3) is 0.360. The van der Waals surface area contributed by atoms with Crippen LogP contribution in [-0.4, -0.2) is 41.4 Å². The highest BCUT2D eigenvalue weighted by atomic mass is 16.6. The molecule has 164 valence electrons. The third-order valence-electron chi connectivity index (χ3n) is 4.97. The number of carbonyl (C=O) groups is 1. The van der Waals surface area contributed by atoms with Crippen molar-refractivity contribution in [3.8, 4) is 17.1 Å². The topological polar surface area (TPSA) is 62.6 Å². The number of carbonyl (C=O) groups excluding carboxylic acids is 1. The van der Waals surface area contributed by atoms with Crippen LogP contribution in [0.4, 0.5) is 0 Å². The molecule has 0 N–H and O–H groups in total. The molecule has 1 aromatic carbocycles. The molecule has 2 aromatic heterocycles. The first-order valence-electron chi connectivity index (χ1n) is 10.7. The van der Waals surface area contributed by atoms with Gasteiger partial charge in [0.05, 0.1) is 24.5 Å². The van der Waals surface area contributed by atoms with Crippen LogP contribution in [0.1, 0.15) is 25.1 Å². The average Bonchev–Trinajstić information content (AvgIpc) is 3.16. The maximum Gasteiger partial charge on any atom is 0.335 e. The Labute approximate surface area is 183 Å².